The number of nitrogens with one attached hydrogen (secondary N) is 1. The Morgan fingerprint density at radius 3 is 2.68 bits per heavy atom. The molecule has 0 fully saturated rings. The highest BCUT2D eigenvalue weighted by molar-refractivity contribution is 5.82. The summed E-state index contributed by atoms with van der Waals surface area (Å²) in [5.41, 5.74) is 1.39. The fraction of sp³-hybridized carbons (Fsp3) is 0.250. The summed E-state index contributed by atoms with van der Waals surface area (Å²) in [5.74, 6) is -0.370. The van der Waals surface area contributed by atoms with Crippen molar-refractivity contribution < 1.29 is 24.2 Å². The molecule has 8 nitrogen and oxygen atoms in total. The largest absolute Gasteiger partial charge is 0.497 e. The van der Waals surface area contributed by atoms with Crippen LogP contribution in [0.1, 0.15) is 18.0 Å². The second-order valence-electron chi connectivity index (χ2n) is 6.19. The number of hydrogen-bond acceptors (Lipinski definition) is 5. The first-order valence-corrected chi connectivity index (χ1v) is 8.65. The van der Waals surface area contributed by atoms with Crippen LogP contribution < -0.4 is 14.8 Å². The molecule has 0 radical (unpaired) electrons. The van der Waals surface area contributed by atoms with Crippen molar-refractivity contribution in [2.24, 2.45) is 0 Å². The third kappa shape index (κ3) is 4.22. The zero-order valence-electron chi connectivity index (χ0n) is 15.6. The highest BCUT2D eigenvalue weighted by Crippen LogP contribution is 2.31. The maximum absolute atomic E-state index is 12.6. The summed E-state index contributed by atoms with van der Waals surface area (Å²) in [6.07, 6.45) is 1.40. The predicted octanol–water partition coefficient (Wildman–Crippen LogP) is 2.39. The third-order valence-electron chi connectivity index (χ3n) is 4.37. The van der Waals surface area contributed by atoms with Crippen LogP contribution in [0.25, 0.3) is 10.9 Å². The quantitative estimate of drug-likeness (QED) is 0.619. The van der Waals surface area contributed by atoms with Crippen LogP contribution in [0.3, 0.4) is 0 Å². The lowest BCUT2D eigenvalue weighted by atomic mass is 10.0. The van der Waals surface area contributed by atoms with Gasteiger partial charge in [0.25, 0.3) is 0 Å². The molecule has 0 saturated heterocycles. The number of carbonyl (C=O) groups excluding carboxylic acids is 1. The van der Waals surface area contributed by atoms with E-state index in [9.17, 15) is 14.7 Å². The molecule has 3 aromatic rings. The molecule has 28 heavy (non-hydrogen) atoms. The van der Waals surface area contributed by atoms with Crippen LogP contribution in [0.2, 0.25) is 0 Å². The van der Waals surface area contributed by atoms with E-state index >= 15 is 0 Å². The van der Waals surface area contributed by atoms with E-state index in [1.165, 1.54) is 14.2 Å². The molecule has 1 unspecified atom stereocenters. The van der Waals surface area contributed by atoms with Gasteiger partial charge in [0.2, 0.25) is 5.91 Å². The van der Waals surface area contributed by atoms with E-state index in [1.807, 2.05) is 24.3 Å². The van der Waals surface area contributed by atoms with Gasteiger partial charge in [0.05, 0.1) is 38.4 Å². The maximum Gasteiger partial charge on any atom is 0.305 e. The third-order valence-corrected chi connectivity index (χ3v) is 4.37. The molecule has 1 aromatic heterocycles. The molecule has 1 heterocycles. The Kier molecular flexibility index (Phi) is 5.78. The molecule has 0 spiro atoms. The van der Waals surface area contributed by atoms with Gasteiger partial charge in [-0.05, 0) is 18.2 Å². The minimum absolute atomic E-state index is 0.0257. The number of hydrogen-bond donors (Lipinski definition) is 2. The van der Waals surface area contributed by atoms with Crippen molar-refractivity contribution in [3.05, 3.63) is 54.2 Å². The average Bonchev–Trinajstić information content (AvgIpc) is 3.09. The Bertz CT molecular complexity index is 998. The summed E-state index contributed by atoms with van der Waals surface area (Å²) in [7, 11) is 3.01. The van der Waals surface area contributed by atoms with Gasteiger partial charge in [0.15, 0.2) is 0 Å². The van der Waals surface area contributed by atoms with Gasteiger partial charge in [-0.15, -0.1) is 0 Å². The fourth-order valence-corrected chi connectivity index (χ4v) is 3.05. The molecule has 0 aliphatic carbocycles. The van der Waals surface area contributed by atoms with Crippen LogP contribution in [0.5, 0.6) is 11.5 Å². The van der Waals surface area contributed by atoms with Crippen LogP contribution in [0.4, 0.5) is 0 Å². The Morgan fingerprint density at radius 1 is 1.18 bits per heavy atom. The Morgan fingerprint density at radius 2 is 1.96 bits per heavy atom. The SMILES string of the molecule is COc1ccc(C(CC(=O)O)NC(=O)Cn2ncc3ccccc32)c(OC)c1. The number of rotatable bonds is 8. The molecule has 0 aliphatic heterocycles. The Balaban J connectivity index is 1.82. The smallest absolute Gasteiger partial charge is 0.305 e. The highest BCUT2D eigenvalue weighted by atomic mass is 16.5. The fourth-order valence-electron chi connectivity index (χ4n) is 3.05. The minimum Gasteiger partial charge on any atom is -0.497 e. The first-order valence-electron chi connectivity index (χ1n) is 8.65. The predicted molar refractivity (Wildman–Crippen MR) is 102 cm³/mol. The molecule has 1 amide bonds. The van der Waals surface area contributed by atoms with Gasteiger partial charge in [-0.3, -0.25) is 14.3 Å². The van der Waals surface area contributed by atoms with Crippen molar-refractivity contribution >= 4 is 22.8 Å². The van der Waals surface area contributed by atoms with Gasteiger partial charge in [0, 0.05) is 17.0 Å². The number of fused-ring (bicyclic) bond motifs is 1. The number of carboxylic acids is 1. The van der Waals surface area contributed by atoms with Crippen molar-refractivity contribution in [1.29, 1.82) is 0 Å². The van der Waals surface area contributed by atoms with Crippen molar-refractivity contribution in [1.82, 2.24) is 15.1 Å². The molecule has 3 rings (SSSR count). The van der Waals surface area contributed by atoms with Crippen LogP contribution in [0, 0.1) is 0 Å². The normalized spacial score (nSPS) is 11.8. The molecule has 146 valence electrons. The van der Waals surface area contributed by atoms with E-state index in [0.717, 1.165) is 10.9 Å². The van der Waals surface area contributed by atoms with Gasteiger partial charge < -0.3 is 19.9 Å². The van der Waals surface area contributed by atoms with Gasteiger partial charge in [-0.2, -0.15) is 5.10 Å². The van der Waals surface area contributed by atoms with Crippen molar-refractivity contribution in [3.63, 3.8) is 0 Å². The summed E-state index contributed by atoms with van der Waals surface area (Å²) in [6, 6.07) is 11.8. The molecule has 2 N–H and O–H groups in total. The second-order valence-corrected chi connectivity index (χ2v) is 6.19. The molecular weight excluding hydrogens is 362 g/mol. The van der Waals surface area contributed by atoms with Gasteiger partial charge >= 0.3 is 5.97 Å². The van der Waals surface area contributed by atoms with E-state index in [0.29, 0.717) is 17.1 Å². The number of carbonyl (C=O) groups is 2. The number of methoxy groups -OCH3 is 2. The number of nitrogens with zero attached hydrogens (tertiary/aromatic N) is 2. The summed E-state index contributed by atoms with van der Waals surface area (Å²) < 4.78 is 12.1. The molecular formula is C20H21N3O5. The summed E-state index contributed by atoms with van der Waals surface area (Å²) >= 11 is 0. The zero-order chi connectivity index (χ0) is 20.1. The highest BCUT2D eigenvalue weighted by Gasteiger charge is 2.22. The first kappa shape index (κ1) is 19.2. The molecule has 0 saturated carbocycles. The van der Waals surface area contributed by atoms with E-state index in [1.54, 1.807) is 29.1 Å². The first-order chi connectivity index (χ1) is 13.5. The lowest BCUT2D eigenvalue weighted by Gasteiger charge is -2.20. The molecule has 1 atom stereocenters. The van der Waals surface area contributed by atoms with Gasteiger partial charge in [0.1, 0.15) is 18.0 Å². The zero-order valence-corrected chi connectivity index (χ0v) is 15.6. The second kappa shape index (κ2) is 8.43. The molecule has 0 aliphatic rings. The maximum atomic E-state index is 12.6. The van der Waals surface area contributed by atoms with Gasteiger partial charge in [-0.1, -0.05) is 18.2 Å². The lowest BCUT2D eigenvalue weighted by Crippen LogP contribution is -2.33. The van der Waals surface area contributed by atoms with E-state index in [2.05, 4.69) is 10.4 Å². The number of para-hydroxylation sites is 1. The Hall–Kier alpha value is -3.55. The summed E-state index contributed by atoms with van der Waals surface area (Å²) in [4.78, 5) is 24.0. The average molecular weight is 383 g/mol. The number of aromatic nitrogens is 2. The van der Waals surface area contributed by atoms with Crippen molar-refractivity contribution in [2.75, 3.05) is 14.2 Å². The van der Waals surface area contributed by atoms with E-state index in [4.69, 9.17) is 9.47 Å². The topological polar surface area (TPSA) is 103 Å². The molecule has 2 aromatic carbocycles. The lowest BCUT2D eigenvalue weighted by molar-refractivity contribution is -0.137. The van der Waals surface area contributed by atoms with E-state index in [-0.39, 0.29) is 18.9 Å². The molecule has 0 bridgehead atoms. The minimum atomic E-state index is -1.03. The van der Waals surface area contributed by atoms with Gasteiger partial charge in [-0.25, -0.2) is 0 Å². The van der Waals surface area contributed by atoms with Crippen molar-refractivity contribution in [3.8, 4) is 11.5 Å². The molecule has 8 heteroatoms. The summed E-state index contributed by atoms with van der Waals surface area (Å²) in [5, 5.41) is 17.2. The number of aliphatic carboxylic acids is 1. The van der Waals surface area contributed by atoms with Crippen LogP contribution in [-0.2, 0) is 16.1 Å². The monoisotopic (exact) mass is 383 g/mol. The van der Waals surface area contributed by atoms with E-state index < -0.39 is 12.0 Å². The Labute approximate surface area is 161 Å². The number of carboxylic acid groups (broad SMARTS) is 1. The number of benzene rings is 2. The number of ether oxygens (including phenoxy) is 2. The summed E-state index contributed by atoms with van der Waals surface area (Å²) in [6.45, 7) is -0.0257. The van der Waals surface area contributed by atoms with Crippen LogP contribution in [-0.4, -0.2) is 41.0 Å². The van der Waals surface area contributed by atoms with Crippen molar-refractivity contribution in [2.45, 2.75) is 19.0 Å². The number of amides is 1. The van der Waals surface area contributed by atoms with Crippen LogP contribution in [0.15, 0.2) is 48.7 Å². The van der Waals surface area contributed by atoms with Crippen LogP contribution >= 0.6 is 0 Å². The standard InChI is InChI=1S/C20H21N3O5/c1-27-14-7-8-15(18(9-14)28-2)16(10-20(25)26)22-19(24)12-23-17-6-4-3-5-13(17)11-21-23/h3-9,11,16H,10,12H2,1-2H3,(H,22,24)(H,25,26).